The van der Waals surface area contributed by atoms with E-state index in [1.165, 1.54) is 35.6 Å². The summed E-state index contributed by atoms with van der Waals surface area (Å²) in [6.45, 7) is 0.632. The van der Waals surface area contributed by atoms with E-state index in [-0.39, 0.29) is 16.2 Å². The molecule has 3 aromatic heterocycles. The van der Waals surface area contributed by atoms with Crippen LogP contribution < -0.4 is 11.0 Å². The first-order valence-electron chi connectivity index (χ1n) is 7.14. The van der Waals surface area contributed by atoms with E-state index in [4.69, 9.17) is 17.0 Å². The van der Waals surface area contributed by atoms with Gasteiger partial charge in [-0.25, -0.2) is 9.97 Å². The van der Waals surface area contributed by atoms with Gasteiger partial charge in [0.15, 0.2) is 10.6 Å². The maximum atomic E-state index is 12.0. The quantitative estimate of drug-likeness (QED) is 0.339. The molecule has 3 rings (SSSR count). The van der Waals surface area contributed by atoms with Gasteiger partial charge in [0.25, 0.3) is 5.56 Å². The molecule has 3 aromatic rings. The molecule has 0 unspecified atom stereocenters. The summed E-state index contributed by atoms with van der Waals surface area (Å²) < 4.78 is 6.44. The molecule has 0 atom stereocenters. The number of methoxy groups -OCH3 is 1. The molecule has 9 nitrogen and oxygen atoms in total. The second-order valence-corrected chi connectivity index (χ2v) is 6.15. The second kappa shape index (κ2) is 7.51. The number of nitrogens with zero attached hydrogens (tertiary/aromatic N) is 4. The summed E-state index contributed by atoms with van der Waals surface area (Å²) in [5, 5.41) is 17.0. The first kappa shape index (κ1) is 17.2. The van der Waals surface area contributed by atoms with Gasteiger partial charge in [-0.3, -0.25) is 19.8 Å². The zero-order valence-corrected chi connectivity index (χ0v) is 14.7. The van der Waals surface area contributed by atoms with E-state index in [0.717, 1.165) is 10.2 Å². The largest absolute Gasteiger partial charge is 0.494 e. The third-order valence-electron chi connectivity index (χ3n) is 3.35. The van der Waals surface area contributed by atoms with Crippen molar-refractivity contribution in [2.75, 3.05) is 19.1 Å². The number of aromatic hydroxyl groups is 1. The maximum absolute atomic E-state index is 12.0. The highest BCUT2D eigenvalue weighted by atomic mass is 32.1. The molecule has 0 saturated carbocycles. The Labute approximate surface area is 150 Å². The van der Waals surface area contributed by atoms with Gasteiger partial charge in [-0.2, -0.15) is 5.10 Å². The predicted molar refractivity (Wildman–Crippen MR) is 98.1 cm³/mol. The monoisotopic (exact) mass is 378 g/mol. The number of fused-ring (bicyclic) bond motifs is 1. The molecule has 0 radical (unpaired) electrons. The van der Waals surface area contributed by atoms with Gasteiger partial charge in [0.2, 0.25) is 5.88 Å². The van der Waals surface area contributed by atoms with Crippen LogP contribution in [0.15, 0.2) is 27.7 Å². The Kier molecular flexibility index (Phi) is 5.16. The molecule has 3 heterocycles. The molecule has 11 heteroatoms. The summed E-state index contributed by atoms with van der Waals surface area (Å²) in [6, 6.07) is 1.87. The molecule has 0 bridgehead atoms. The summed E-state index contributed by atoms with van der Waals surface area (Å²) in [7, 11) is 1.53. The van der Waals surface area contributed by atoms with Crippen molar-refractivity contribution in [3.05, 3.63) is 38.5 Å². The molecule has 0 aliphatic carbocycles. The zero-order chi connectivity index (χ0) is 17.8. The topological polar surface area (TPSA) is 117 Å². The molecular weight excluding hydrogens is 364 g/mol. The standard InChI is InChI=1S/C14H14N6O3S2/c1-23-4-3-20-13(22)9(11(21)18-14(20)24)6-17-19-10-8-2-5-25-12(8)16-7-15-10/h2,5-7,22H,3-4H2,1H3,(H,15,16,19)(H,18,21,24). The fourth-order valence-electron chi connectivity index (χ4n) is 2.12. The number of hydrogen-bond acceptors (Lipinski definition) is 9. The third kappa shape index (κ3) is 3.57. The molecule has 0 aromatic carbocycles. The smallest absolute Gasteiger partial charge is 0.264 e. The highest BCUT2D eigenvalue weighted by Crippen LogP contribution is 2.23. The summed E-state index contributed by atoms with van der Waals surface area (Å²) >= 11 is 6.53. The normalized spacial score (nSPS) is 11.4. The highest BCUT2D eigenvalue weighted by molar-refractivity contribution is 7.71. The van der Waals surface area contributed by atoms with Crippen LogP contribution in [0.4, 0.5) is 5.82 Å². The van der Waals surface area contributed by atoms with E-state index in [0.29, 0.717) is 19.0 Å². The third-order valence-corrected chi connectivity index (χ3v) is 4.49. The number of aromatic amines is 1. The van der Waals surface area contributed by atoms with Gasteiger partial charge in [-0.15, -0.1) is 11.3 Å². The average Bonchev–Trinajstić information content (AvgIpc) is 3.07. The Bertz CT molecular complexity index is 1040. The molecule has 0 spiro atoms. The van der Waals surface area contributed by atoms with Crippen LogP contribution in [0.1, 0.15) is 5.56 Å². The van der Waals surface area contributed by atoms with Crippen molar-refractivity contribution in [1.29, 1.82) is 0 Å². The van der Waals surface area contributed by atoms with Crippen LogP contribution in [0.3, 0.4) is 0 Å². The van der Waals surface area contributed by atoms with E-state index in [2.05, 4.69) is 25.5 Å². The molecule has 0 aliphatic rings. The van der Waals surface area contributed by atoms with Crippen LogP contribution in [0.5, 0.6) is 5.88 Å². The van der Waals surface area contributed by atoms with Gasteiger partial charge < -0.3 is 9.84 Å². The van der Waals surface area contributed by atoms with Crippen LogP contribution in [0, 0.1) is 4.77 Å². The van der Waals surface area contributed by atoms with Crippen LogP contribution in [-0.4, -0.2) is 44.6 Å². The van der Waals surface area contributed by atoms with Crippen molar-refractivity contribution in [2.45, 2.75) is 6.54 Å². The highest BCUT2D eigenvalue weighted by Gasteiger charge is 2.11. The van der Waals surface area contributed by atoms with Crippen LogP contribution in [0.2, 0.25) is 0 Å². The lowest BCUT2D eigenvalue weighted by molar-refractivity contribution is 0.182. The van der Waals surface area contributed by atoms with Gasteiger partial charge >= 0.3 is 0 Å². The van der Waals surface area contributed by atoms with Crippen LogP contribution in [-0.2, 0) is 11.3 Å². The lowest BCUT2D eigenvalue weighted by Gasteiger charge is -2.10. The number of aromatic nitrogens is 4. The van der Waals surface area contributed by atoms with Crippen molar-refractivity contribution in [2.24, 2.45) is 5.10 Å². The number of ether oxygens (including phenoxy) is 1. The van der Waals surface area contributed by atoms with Crippen LogP contribution >= 0.6 is 23.6 Å². The van der Waals surface area contributed by atoms with E-state index in [1.807, 2.05) is 11.4 Å². The number of rotatable bonds is 6. The number of thiophene rings is 1. The summed E-state index contributed by atoms with van der Waals surface area (Å²) in [6.07, 6.45) is 2.64. The summed E-state index contributed by atoms with van der Waals surface area (Å²) in [4.78, 5) is 23.6. The molecule has 0 fully saturated rings. The number of nitrogens with one attached hydrogen (secondary N) is 2. The molecule has 130 valence electrons. The Morgan fingerprint density at radius 1 is 1.56 bits per heavy atom. The molecule has 25 heavy (non-hydrogen) atoms. The number of hydrazone groups is 1. The average molecular weight is 378 g/mol. The molecular formula is C14H14N6O3S2. The van der Waals surface area contributed by atoms with Gasteiger partial charge in [-0.1, -0.05) is 0 Å². The van der Waals surface area contributed by atoms with Gasteiger partial charge in [0, 0.05) is 7.11 Å². The predicted octanol–water partition coefficient (Wildman–Crippen LogP) is 1.71. The Balaban J connectivity index is 1.89. The minimum Gasteiger partial charge on any atom is -0.494 e. The number of H-pyrrole nitrogens is 1. The number of hydrogen-bond donors (Lipinski definition) is 3. The molecule has 0 aliphatic heterocycles. The first-order valence-corrected chi connectivity index (χ1v) is 8.43. The first-order chi connectivity index (χ1) is 12.1. The van der Waals surface area contributed by atoms with Crippen molar-refractivity contribution in [3.8, 4) is 5.88 Å². The van der Waals surface area contributed by atoms with Gasteiger partial charge in [0.05, 0.1) is 24.8 Å². The fraction of sp³-hybridized carbons (Fsp3) is 0.214. The van der Waals surface area contributed by atoms with Crippen molar-refractivity contribution in [3.63, 3.8) is 0 Å². The van der Waals surface area contributed by atoms with E-state index >= 15 is 0 Å². The Morgan fingerprint density at radius 2 is 2.40 bits per heavy atom. The van der Waals surface area contributed by atoms with E-state index < -0.39 is 5.56 Å². The van der Waals surface area contributed by atoms with Crippen LogP contribution in [0.25, 0.3) is 10.2 Å². The summed E-state index contributed by atoms with van der Waals surface area (Å²) in [5.41, 5.74) is 2.20. The number of anilines is 1. The van der Waals surface area contributed by atoms with Crippen molar-refractivity contribution in [1.82, 2.24) is 19.5 Å². The van der Waals surface area contributed by atoms with E-state index in [9.17, 15) is 9.90 Å². The summed E-state index contributed by atoms with van der Waals surface area (Å²) in [5.74, 6) is 0.227. The van der Waals surface area contributed by atoms with E-state index in [1.54, 1.807) is 0 Å². The van der Waals surface area contributed by atoms with Crippen molar-refractivity contribution < 1.29 is 9.84 Å². The minimum absolute atomic E-state index is 0.0205. The molecule has 3 N–H and O–H groups in total. The fourth-order valence-corrected chi connectivity index (χ4v) is 3.12. The van der Waals surface area contributed by atoms with Crippen molar-refractivity contribution >= 4 is 45.8 Å². The maximum Gasteiger partial charge on any atom is 0.264 e. The van der Waals surface area contributed by atoms with Gasteiger partial charge in [-0.05, 0) is 23.7 Å². The lowest BCUT2D eigenvalue weighted by atomic mass is 10.3. The lowest BCUT2D eigenvalue weighted by Crippen LogP contribution is -2.20. The zero-order valence-electron chi connectivity index (χ0n) is 13.1. The Morgan fingerprint density at radius 3 is 3.20 bits per heavy atom. The minimum atomic E-state index is -0.537. The molecule has 0 saturated heterocycles. The second-order valence-electron chi connectivity index (χ2n) is 4.87. The Hall–Kier alpha value is -2.63. The molecule has 0 amide bonds. The van der Waals surface area contributed by atoms with Gasteiger partial charge in [0.1, 0.15) is 16.7 Å². The SMILES string of the molecule is COCCn1c(O)c(C=NNc2ncnc3sccc23)c(=O)[nH]c1=S.